The van der Waals surface area contributed by atoms with Crippen LogP contribution in [0.5, 0.6) is 5.75 Å². The summed E-state index contributed by atoms with van der Waals surface area (Å²) in [5.74, 6) is 3.52. The molecule has 172 valence electrons. The number of carbonyl (C=O) groups excluding carboxylic acids is 1. The third kappa shape index (κ3) is 4.14. The third-order valence-corrected chi connectivity index (χ3v) is 9.20. The van der Waals surface area contributed by atoms with Gasteiger partial charge in [0.15, 0.2) is 0 Å². The summed E-state index contributed by atoms with van der Waals surface area (Å²) >= 11 is 0. The number of phenols is 1. The van der Waals surface area contributed by atoms with Crippen LogP contribution in [0, 0.1) is 29.1 Å². The number of hydrogen-bond donors (Lipinski definition) is 1. The number of carbonyl (C=O) groups is 1. The average Bonchev–Trinajstić information content (AvgIpc) is 2.75. The molecule has 4 aliphatic rings. The van der Waals surface area contributed by atoms with Gasteiger partial charge < -0.3 is 9.84 Å². The van der Waals surface area contributed by atoms with Crippen molar-refractivity contribution in [2.75, 3.05) is 0 Å². The van der Waals surface area contributed by atoms with Crippen molar-refractivity contribution >= 4 is 5.97 Å². The van der Waals surface area contributed by atoms with Crippen molar-refractivity contribution in [3.63, 3.8) is 0 Å². The summed E-state index contributed by atoms with van der Waals surface area (Å²) < 4.78 is 6.70. The van der Waals surface area contributed by atoms with Crippen molar-refractivity contribution in [2.45, 2.75) is 103 Å². The molecule has 0 radical (unpaired) electrons. The zero-order valence-electron chi connectivity index (χ0n) is 20.0. The molecule has 4 aliphatic carbocycles. The van der Waals surface area contributed by atoms with Crippen molar-refractivity contribution in [2.24, 2.45) is 29.1 Å². The molecule has 2 atom stereocenters. The molecule has 0 aromatic heterocycles. The summed E-state index contributed by atoms with van der Waals surface area (Å²) in [6, 6.07) is 7.53. The Balaban J connectivity index is 1.55. The Kier molecular flexibility index (Phi) is 6.43. The van der Waals surface area contributed by atoms with Crippen LogP contribution in [-0.4, -0.2) is 16.7 Å². The van der Waals surface area contributed by atoms with Gasteiger partial charge in [-0.2, -0.15) is 0 Å². The number of ether oxygens (including phenoxy) is 1. The summed E-state index contributed by atoms with van der Waals surface area (Å²) in [5.41, 5.74) is 0.513. The van der Waals surface area contributed by atoms with E-state index in [9.17, 15) is 9.90 Å². The predicted molar refractivity (Wildman–Crippen MR) is 125 cm³/mol. The van der Waals surface area contributed by atoms with E-state index < -0.39 is 5.41 Å². The van der Waals surface area contributed by atoms with Gasteiger partial charge in [-0.3, -0.25) is 4.79 Å². The van der Waals surface area contributed by atoms with Gasteiger partial charge in [0.1, 0.15) is 11.4 Å². The van der Waals surface area contributed by atoms with E-state index in [-0.39, 0.29) is 11.6 Å². The molecule has 3 heteroatoms. The van der Waals surface area contributed by atoms with Crippen LogP contribution in [0.1, 0.15) is 103 Å². The summed E-state index contributed by atoms with van der Waals surface area (Å²) in [6.07, 6.45) is 11.1. The van der Waals surface area contributed by atoms with Crippen LogP contribution in [0.3, 0.4) is 0 Å². The SMILES string of the molecule is CCCC(C)(CC(CC)c1ccc(O)cc1)C(=O)OC1(CC)C2CC3CC(C2)CC1C3. The normalized spacial score (nSPS) is 34.3. The first-order valence-corrected chi connectivity index (χ1v) is 12.9. The Morgan fingerprint density at radius 1 is 1.06 bits per heavy atom. The lowest BCUT2D eigenvalue weighted by Crippen LogP contribution is -2.60. The van der Waals surface area contributed by atoms with Gasteiger partial charge in [0.2, 0.25) is 0 Å². The quantitative estimate of drug-likeness (QED) is 0.424. The Bertz CT molecular complexity index is 739. The molecule has 1 aromatic carbocycles. The largest absolute Gasteiger partial charge is 0.508 e. The van der Waals surface area contributed by atoms with Gasteiger partial charge in [-0.15, -0.1) is 0 Å². The lowest BCUT2D eigenvalue weighted by molar-refractivity contribution is -0.219. The highest BCUT2D eigenvalue weighted by atomic mass is 16.6. The topological polar surface area (TPSA) is 46.5 Å². The van der Waals surface area contributed by atoms with Gasteiger partial charge in [-0.05, 0) is 112 Å². The zero-order valence-corrected chi connectivity index (χ0v) is 20.0. The molecular weight excluding hydrogens is 384 g/mol. The van der Waals surface area contributed by atoms with E-state index in [0.29, 0.717) is 23.5 Å². The van der Waals surface area contributed by atoms with Crippen molar-refractivity contribution in [3.05, 3.63) is 29.8 Å². The number of rotatable bonds is 9. The van der Waals surface area contributed by atoms with Gasteiger partial charge in [-0.25, -0.2) is 0 Å². The van der Waals surface area contributed by atoms with Gasteiger partial charge >= 0.3 is 5.97 Å². The van der Waals surface area contributed by atoms with Gasteiger partial charge in [0.25, 0.3) is 0 Å². The van der Waals surface area contributed by atoms with Gasteiger partial charge in [0, 0.05) is 0 Å². The highest BCUT2D eigenvalue weighted by Gasteiger charge is 2.59. The second kappa shape index (κ2) is 8.79. The molecule has 0 aliphatic heterocycles. The summed E-state index contributed by atoms with van der Waals surface area (Å²) in [4.78, 5) is 13.9. The second-order valence-corrected chi connectivity index (χ2v) is 11.2. The fourth-order valence-corrected chi connectivity index (χ4v) is 7.72. The minimum atomic E-state index is -0.468. The second-order valence-electron chi connectivity index (χ2n) is 11.2. The van der Waals surface area contributed by atoms with Crippen molar-refractivity contribution in [1.82, 2.24) is 0 Å². The standard InChI is InChI=1S/C28H42O3/c1-5-12-27(4,18-21(6-2)22-8-10-25(29)11-9-22)26(30)31-28(7-3)23-14-19-13-20(16-23)17-24(28)15-19/h8-11,19-21,23-24,29H,5-7,12-18H2,1-4H3. The zero-order chi connectivity index (χ0) is 22.2. The van der Waals surface area contributed by atoms with Crippen LogP contribution in [0.15, 0.2) is 24.3 Å². The Labute approximate surface area is 189 Å². The average molecular weight is 427 g/mol. The molecule has 0 spiro atoms. The molecule has 4 bridgehead atoms. The first kappa shape index (κ1) is 22.7. The molecule has 1 N–H and O–H groups in total. The fourth-order valence-electron chi connectivity index (χ4n) is 7.72. The van der Waals surface area contributed by atoms with Crippen LogP contribution in [0.25, 0.3) is 0 Å². The monoisotopic (exact) mass is 426 g/mol. The predicted octanol–water partition coefficient (Wildman–Crippen LogP) is 7.23. The number of esters is 1. The molecule has 1 aromatic rings. The van der Waals surface area contributed by atoms with Crippen LogP contribution < -0.4 is 0 Å². The number of hydrogen-bond acceptors (Lipinski definition) is 3. The van der Waals surface area contributed by atoms with Crippen molar-refractivity contribution in [1.29, 1.82) is 0 Å². The summed E-state index contributed by atoms with van der Waals surface area (Å²) in [6.45, 7) is 8.76. The van der Waals surface area contributed by atoms with Crippen LogP contribution in [0.4, 0.5) is 0 Å². The maximum absolute atomic E-state index is 13.9. The molecule has 2 unspecified atom stereocenters. The van der Waals surface area contributed by atoms with E-state index in [4.69, 9.17) is 4.74 Å². The fraction of sp³-hybridized carbons (Fsp3) is 0.750. The van der Waals surface area contributed by atoms with Gasteiger partial charge in [-0.1, -0.05) is 39.3 Å². The highest BCUT2D eigenvalue weighted by molar-refractivity contribution is 5.77. The molecule has 31 heavy (non-hydrogen) atoms. The van der Waals surface area contributed by atoms with Gasteiger partial charge in [0.05, 0.1) is 5.41 Å². The van der Waals surface area contributed by atoms with E-state index in [1.165, 1.54) is 37.7 Å². The smallest absolute Gasteiger partial charge is 0.312 e. The molecule has 4 saturated carbocycles. The highest BCUT2D eigenvalue weighted by Crippen LogP contribution is 2.61. The number of aromatic hydroxyl groups is 1. The van der Waals surface area contributed by atoms with Crippen LogP contribution >= 0.6 is 0 Å². The molecule has 5 rings (SSSR count). The Hall–Kier alpha value is -1.51. The minimum absolute atomic E-state index is 0.0425. The third-order valence-electron chi connectivity index (χ3n) is 9.20. The van der Waals surface area contributed by atoms with E-state index >= 15 is 0 Å². The van der Waals surface area contributed by atoms with Crippen LogP contribution in [0.2, 0.25) is 0 Å². The first-order valence-electron chi connectivity index (χ1n) is 12.9. The minimum Gasteiger partial charge on any atom is -0.508 e. The molecule has 4 fully saturated rings. The summed E-state index contributed by atoms with van der Waals surface area (Å²) in [5, 5.41) is 9.68. The molecular formula is C28H42O3. The maximum Gasteiger partial charge on any atom is 0.312 e. The maximum atomic E-state index is 13.9. The van der Waals surface area contributed by atoms with E-state index in [0.717, 1.165) is 43.9 Å². The van der Waals surface area contributed by atoms with E-state index in [1.54, 1.807) is 12.1 Å². The van der Waals surface area contributed by atoms with Crippen LogP contribution in [-0.2, 0) is 9.53 Å². The lowest BCUT2D eigenvalue weighted by atomic mass is 9.49. The van der Waals surface area contributed by atoms with E-state index in [2.05, 4.69) is 27.7 Å². The first-order chi connectivity index (χ1) is 14.8. The number of phenolic OH excluding ortho intramolecular Hbond substituents is 1. The Morgan fingerprint density at radius 2 is 1.65 bits per heavy atom. The molecule has 0 saturated heterocycles. The summed E-state index contributed by atoms with van der Waals surface area (Å²) in [7, 11) is 0. The van der Waals surface area contributed by atoms with Crippen molar-refractivity contribution < 1.29 is 14.6 Å². The number of benzene rings is 1. The Morgan fingerprint density at radius 3 is 2.13 bits per heavy atom. The van der Waals surface area contributed by atoms with Crippen molar-refractivity contribution in [3.8, 4) is 5.75 Å². The molecule has 3 nitrogen and oxygen atoms in total. The molecule has 0 heterocycles. The van der Waals surface area contributed by atoms with E-state index in [1.807, 2.05) is 12.1 Å². The lowest BCUT2D eigenvalue weighted by Gasteiger charge is -2.60. The molecule has 0 amide bonds.